The molecule has 1 aliphatic carbocycles. The van der Waals surface area contributed by atoms with E-state index in [9.17, 15) is 0 Å². The molecule has 0 spiro atoms. The second-order valence-electron chi connectivity index (χ2n) is 2.05. The molecule has 0 unspecified atom stereocenters. The van der Waals surface area contributed by atoms with Crippen LogP contribution in [0, 0.1) is 0 Å². The van der Waals surface area contributed by atoms with E-state index in [0.29, 0.717) is 29.2 Å². The topological polar surface area (TPSA) is 104 Å². The van der Waals surface area contributed by atoms with E-state index in [0.717, 1.165) is 0 Å². The van der Waals surface area contributed by atoms with Crippen LogP contribution in [0.4, 0.5) is 0 Å². The number of nitrogens with two attached hydrogens (primary N) is 4. The van der Waals surface area contributed by atoms with E-state index in [-0.39, 0.29) is 0 Å². The number of rotatable bonds is 0. The fraction of sp³-hybridized carbons (Fsp3) is 0.200. The first-order valence-electron chi connectivity index (χ1n) is 2.61. The molecule has 0 atom stereocenters. The van der Waals surface area contributed by atoms with Crippen molar-refractivity contribution in [3.05, 3.63) is 22.8 Å². The molecular weight excluding hydrogens is 116 g/mol. The molecule has 0 aromatic rings. The highest BCUT2D eigenvalue weighted by Gasteiger charge is 2.14. The largest absolute Gasteiger partial charge is 0.400 e. The zero-order valence-corrected chi connectivity index (χ0v) is 5.02. The Hall–Kier alpha value is -1.32. The molecule has 9 heavy (non-hydrogen) atoms. The average molecular weight is 126 g/mol. The highest BCUT2D eigenvalue weighted by Crippen LogP contribution is 2.17. The van der Waals surface area contributed by atoms with Gasteiger partial charge in [-0.3, -0.25) is 0 Å². The van der Waals surface area contributed by atoms with Crippen molar-refractivity contribution in [3.63, 3.8) is 0 Å². The highest BCUT2D eigenvalue weighted by atomic mass is 14.8. The normalized spacial score (nSPS) is 19.6. The molecule has 0 saturated heterocycles. The standard InChI is InChI=1S/C5H10N4/c6-2-1-3(7)5(9)4(2)8/h1,6-9H2. The van der Waals surface area contributed by atoms with Crippen LogP contribution in [0.5, 0.6) is 0 Å². The van der Waals surface area contributed by atoms with Gasteiger partial charge in [-0.1, -0.05) is 0 Å². The maximum Gasteiger partial charge on any atom is 0.0760 e. The van der Waals surface area contributed by atoms with Gasteiger partial charge < -0.3 is 22.9 Å². The van der Waals surface area contributed by atoms with Crippen molar-refractivity contribution >= 4 is 0 Å². The van der Waals surface area contributed by atoms with Crippen molar-refractivity contribution in [1.29, 1.82) is 0 Å². The molecule has 4 heteroatoms. The molecule has 0 fully saturated rings. The van der Waals surface area contributed by atoms with Crippen LogP contribution >= 0.6 is 0 Å². The average Bonchev–Trinajstić information content (AvgIpc) is 1.98. The molecule has 0 radical (unpaired) electrons. The number of hydrogen-bond acceptors (Lipinski definition) is 4. The van der Waals surface area contributed by atoms with E-state index in [1.165, 1.54) is 0 Å². The van der Waals surface area contributed by atoms with E-state index in [1.807, 2.05) is 0 Å². The van der Waals surface area contributed by atoms with E-state index in [4.69, 9.17) is 22.9 Å². The van der Waals surface area contributed by atoms with Gasteiger partial charge in [0.2, 0.25) is 0 Å². The van der Waals surface area contributed by atoms with Gasteiger partial charge >= 0.3 is 0 Å². The summed E-state index contributed by atoms with van der Waals surface area (Å²) in [6.07, 6.45) is 0.512. The number of hydrogen-bond donors (Lipinski definition) is 4. The summed E-state index contributed by atoms with van der Waals surface area (Å²) >= 11 is 0. The third-order valence-electron chi connectivity index (χ3n) is 1.36. The fourth-order valence-electron chi connectivity index (χ4n) is 0.742. The minimum atomic E-state index is 0.438. The molecule has 1 rings (SSSR count). The van der Waals surface area contributed by atoms with Crippen LogP contribution in [0.25, 0.3) is 0 Å². The first-order chi connectivity index (χ1) is 4.13. The lowest BCUT2D eigenvalue weighted by Crippen LogP contribution is -2.12. The molecule has 4 nitrogen and oxygen atoms in total. The Morgan fingerprint density at radius 2 is 1.11 bits per heavy atom. The van der Waals surface area contributed by atoms with Crippen LogP contribution in [0.1, 0.15) is 6.42 Å². The summed E-state index contributed by atoms with van der Waals surface area (Å²) in [5, 5.41) is 0. The van der Waals surface area contributed by atoms with Crippen LogP contribution in [0.2, 0.25) is 0 Å². The van der Waals surface area contributed by atoms with Crippen molar-refractivity contribution in [2.24, 2.45) is 22.9 Å². The molecule has 0 bridgehead atoms. The summed E-state index contributed by atoms with van der Waals surface area (Å²) < 4.78 is 0. The van der Waals surface area contributed by atoms with Gasteiger partial charge in [-0.05, 0) is 0 Å². The summed E-state index contributed by atoms with van der Waals surface area (Å²) in [4.78, 5) is 0. The molecule has 50 valence electrons. The molecule has 0 saturated carbocycles. The van der Waals surface area contributed by atoms with Gasteiger partial charge in [-0.25, -0.2) is 0 Å². The summed E-state index contributed by atoms with van der Waals surface area (Å²) in [7, 11) is 0. The summed E-state index contributed by atoms with van der Waals surface area (Å²) in [5.74, 6) is 0. The first-order valence-corrected chi connectivity index (χ1v) is 2.61. The Morgan fingerprint density at radius 3 is 1.22 bits per heavy atom. The minimum Gasteiger partial charge on any atom is -0.400 e. The molecule has 0 amide bonds. The van der Waals surface area contributed by atoms with Gasteiger partial charge in [0.05, 0.1) is 11.4 Å². The third kappa shape index (κ3) is 0.679. The van der Waals surface area contributed by atoms with E-state index >= 15 is 0 Å². The second-order valence-corrected chi connectivity index (χ2v) is 2.05. The van der Waals surface area contributed by atoms with Crippen LogP contribution in [-0.2, 0) is 0 Å². The molecule has 0 aromatic heterocycles. The Balaban J connectivity index is 2.97. The lowest BCUT2D eigenvalue weighted by atomic mass is 10.3. The lowest BCUT2D eigenvalue weighted by molar-refractivity contribution is 1.08. The Morgan fingerprint density at radius 1 is 0.778 bits per heavy atom. The van der Waals surface area contributed by atoms with Crippen molar-refractivity contribution in [3.8, 4) is 0 Å². The zero-order chi connectivity index (χ0) is 7.02. The highest BCUT2D eigenvalue weighted by molar-refractivity contribution is 5.40. The Labute approximate surface area is 53.2 Å². The van der Waals surface area contributed by atoms with Gasteiger partial charge in [0.15, 0.2) is 0 Å². The molecule has 0 aliphatic heterocycles. The lowest BCUT2D eigenvalue weighted by Gasteiger charge is -1.94. The van der Waals surface area contributed by atoms with Gasteiger partial charge in [0.1, 0.15) is 0 Å². The maximum atomic E-state index is 5.41. The maximum absolute atomic E-state index is 5.41. The van der Waals surface area contributed by atoms with Crippen LogP contribution in [0.3, 0.4) is 0 Å². The monoisotopic (exact) mass is 126 g/mol. The molecule has 0 heterocycles. The molecule has 8 N–H and O–H groups in total. The van der Waals surface area contributed by atoms with Gasteiger partial charge in [-0.15, -0.1) is 0 Å². The van der Waals surface area contributed by atoms with E-state index in [1.54, 1.807) is 0 Å². The van der Waals surface area contributed by atoms with Crippen molar-refractivity contribution in [2.75, 3.05) is 0 Å². The fourth-order valence-corrected chi connectivity index (χ4v) is 0.742. The SMILES string of the molecule is NC1=C(N)C(N)=C(N)C1. The molecular formula is C5H10N4. The quantitative estimate of drug-likeness (QED) is 0.322. The van der Waals surface area contributed by atoms with E-state index in [2.05, 4.69) is 0 Å². The predicted octanol–water partition coefficient (Wildman–Crippen LogP) is -1.35. The van der Waals surface area contributed by atoms with Gasteiger partial charge in [0, 0.05) is 17.8 Å². The van der Waals surface area contributed by atoms with Gasteiger partial charge in [0.25, 0.3) is 0 Å². The summed E-state index contributed by atoms with van der Waals surface area (Å²) in [6.45, 7) is 0. The molecule has 1 aliphatic rings. The Kier molecular flexibility index (Phi) is 1.02. The summed E-state index contributed by atoms with van der Waals surface area (Å²) in [6, 6.07) is 0. The van der Waals surface area contributed by atoms with Crippen molar-refractivity contribution in [1.82, 2.24) is 0 Å². The predicted molar refractivity (Wildman–Crippen MR) is 35.4 cm³/mol. The smallest absolute Gasteiger partial charge is 0.0760 e. The second kappa shape index (κ2) is 1.58. The van der Waals surface area contributed by atoms with Gasteiger partial charge in [-0.2, -0.15) is 0 Å². The van der Waals surface area contributed by atoms with Crippen LogP contribution in [0.15, 0.2) is 22.8 Å². The molecule has 0 aromatic carbocycles. The van der Waals surface area contributed by atoms with E-state index < -0.39 is 0 Å². The zero-order valence-electron chi connectivity index (χ0n) is 5.02. The summed E-state index contributed by atoms with van der Waals surface area (Å²) in [5.41, 5.74) is 23.7. The Bertz CT molecular complexity index is 179. The van der Waals surface area contributed by atoms with Crippen LogP contribution < -0.4 is 22.9 Å². The minimum absolute atomic E-state index is 0.438. The van der Waals surface area contributed by atoms with Crippen molar-refractivity contribution < 1.29 is 0 Å². The van der Waals surface area contributed by atoms with Crippen LogP contribution in [-0.4, -0.2) is 0 Å². The first kappa shape index (κ1) is 5.81. The third-order valence-corrected chi connectivity index (χ3v) is 1.36. The van der Waals surface area contributed by atoms with Crippen molar-refractivity contribution in [2.45, 2.75) is 6.42 Å².